The van der Waals surface area contributed by atoms with Gasteiger partial charge in [-0.2, -0.15) is 0 Å². The first kappa shape index (κ1) is 22.8. The molecular formula is C21H25IN2O3S. The number of pyridine rings is 1. The lowest BCUT2D eigenvalue weighted by Crippen LogP contribution is -2.54. The number of nitrogens with one attached hydrogen (secondary N) is 1. The van der Waals surface area contributed by atoms with Crippen LogP contribution >= 0.6 is 34.4 Å². The first-order valence-corrected chi connectivity index (χ1v) is 11.2. The van der Waals surface area contributed by atoms with Gasteiger partial charge in [-0.05, 0) is 54.3 Å². The Balaban J connectivity index is 2.39. The fourth-order valence-corrected chi connectivity index (χ4v) is 4.16. The molecule has 0 aliphatic heterocycles. The van der Waals surface area contributed by atoms with Crippen molar-refractivity contribution in [3.63, 3.8) is 0 Å². The summed E-state index contributed by atoms with van der Waals surface area (Å²) in [5.74, 6) is 6.62. The van der Waals surface area contributed by atoms with E-state index in [9.17, 15) is 4.79 Å². The average Bonchev–Trinajstić information content (AvgIpc) is 2.63. The van der Waals surface area contributed by atoms with Gasteiger partial charge in [-0.15, -0.1) is 11.8 Å². The maximum absolute atomic E-state index is 11.8. The maximum Gasteiger partial charge on any atom is 0.228 e. The fourth-order valence-electron chi connectivity index (χ4n) is 2.80. The highest BCUT2D eigenvalue weighted by Crippen LogP contribution is 2.30. The van der Waals surface area contributed by atoms with Crippen molar-refractivity contribution in [1.82, 2.24) is 10.3 Å². The molecule has 1 heterocycles. The summed E-state index contributed by atoms with van der Waals surface area (Å²) in [6.45, 7) is 5.92. The third-order valence-corrected chi connectivity index (χ3v) is 5.86. The van der Waals surface area contributed by atoms with Crippen molar-refractivity contribution in [2.75, 3.05) is 20.0 Å². The first-order valence-electron chi connectivity index (χ1n) is 8.83. The molecular weight excluding hydrogens is 487 g/mol. The van der Waals surface area contributed by atoms with Gasteiger partial charge in [-0.3, -0.25) is 4.79 Å². The van der Waals surface area contributed by atoms with E-state index in [-0.39, 0.29) is 5.91 Å². The highest BCUT2D eigenvalue weighted by atomic mass is 127. The number of hydrogen-bond acceptors (Lipinski definition) is 5. The van der Waals surface area contributed by atoms with Gasteiger partial charge in [-0.1, -0.05) is 30.0 Å². The van der Waals surface area contributed by atoms with Gasteiger partial charge in [0.15, 0.2) is 5.44 Å². The van der Waals surface area contributed by atoms with Crippen LogP contribution in [0.1, 0.15) is 25.8 Å². The smallest absolute Gasteiger partial charge is 0.228 e. The second-order valence-electron chi connectivity index (χ2n) is 6.54. The Bertz CT molecular complexity index is 910. The largest absolute Gasteiger partial charge is 0.459 e. The molecule has 28 heavy (non-hydrogen) atoms. The molecule has 0 saturated heterocycles. The second-order valence-corrected chi connectivity index (χ2v) is 8.60. The van der Waals surface area contributed by atoms with Crippen molar-refractivity contribution in [2.45, 2.75) is 38.2 Å². The molecule has 0 aliphatic rings. The van der Waals surface area contributed by atoms with Gasteiger partial charge < -0.3 is 14.8 Å². The SMILES string of the molecule is COCCC#CC(C)(NC(C)=O)C(Oc1nc2c(C)cccc2cc1I)SC. The number of aryl methyl sites for hydroxylation is 1. The van der Waals surface area contributed by atoms with E-state index in [1.807, 2.05) is 38.3 Å². The van der Waals surface area contributed by atoms with Crippen molar-refractivity contribution in [3.05, 3.63) is 33.4 Å². The molecule has 2 unspecified atom stereocenters. The molecule has 0 radical (unpaired) electrons. The molecule has 1 N–H and O–H groups in total. The third kappa shape index (κ3) is 5.75. The number of aromatic nitrogens is 1. The van der Waals surface area contributed by atoms with E-state index in [0.717, 1.165) is 20.0 Å². The summed E-state index contributed by atoms with van der Waals surface area (Å²) in [4.78, 5) is 16.6. The van der Waals surface area contributed by atoms with Crippen molar-refractivity contribution in [1.29, 1.82) is 0 Å². The Morgan fingerprint density at radius 1 is 1.46 bits per heavy atom. The van der Waals surface area contributed by atoms with Crippen LogP contribution < -0.4 is 10.1 Å². The summed E-state index contributed by atoms with van der Waals surface area (Å²) in [7, 11) is 1.64. The number of ether oxygens (including phenoxy) is 2. The maximum atomic E-state index is 11.8. The molecule has 2 rings (SSSR count). The van der Waals surface area contributed by atoms with Crippen LogP contribution in [0.4, 0.5) is 0 Å². The van der Waals surface area contributed by atoms with Gasteiger partial charge >= 0.3 is 0 Å². The molecule has 1 aromatic carbocycles. The molecule has 0 saturated carbocycles. The number of carbonyl (C=O) groups is 1. The van der Waals surface area contributed by atoms with E-state index in [0.29, 0.717) is 18.9 Å². The molecule has 1 aromatic heterocycles. The van der Waals surface area contributed by atoms with Crippen LogP contribution in [0.25, 0.3) is 10.9 Å². The van der Waals surface area contributed by atoms with Crippen LogP contribution in [0.5, 0.6) is 5.88 Å². The van der Waals surface area contributed by atoms with Gasteiger partial charge in [0, 0.05) is 25.8 Å². The van der Waals surface area contributed by atoms with Crippen LogP contribution in [0.15, 0.2) is 24.3 Å². The number of thioether (sulfide) groups is 1. The number of halogens is 1. The molecule has 0 aliphatic carbocycles. The van der Waals surface area contributed by atoms with Crippen LogP contribution in [0.2, 0.25) is 0 Å². The number of para-hydroxylation sites is 1. The molecule has 2 aromatic rings. The van der Waals surface area contributed by atoms with Gasteiger partial charge in [0.05, 0.1) is 15.7 Å². The summed E-state index contributed by atoms with van der Waals surface area (Å²) >= 11 is 3.71. The Morgan fingerprint density at radius 3 is 2.86 bits per heavy atom. The summed E-state index contributed by atoms with van der Waals surface area (Å²) in [6.07, 6.45) is 2.51. The number of amides is 1. The number of benzene rings is 1. The standard InChI is InChI=1S/C21H25IN2O3S/c1-14-9-8-10-16-13-17(22)19(23-18(14)16)27-20(28-5)21(3,24-15(2)25)11-6-7-12-26-4/h8-10,13,20H,7,12H2,1-5H3,(H,24,25). The van der Waals surface area contributed by atoms with E-state index in [4.69, 9.17) is 14.5 Å². The lowest BCUT2D eigenvalue weighted by molar-refractivity contribution is -0.120. The Hall–Kier alpha value is -1.50. The molecule has 2 atom stereocenters. The Morgan fingerprint density at radius 2 is 2.21 bits per heavy atom. The van der Waals surface area contributed by atoms with Crippen LogP contribution in [-0.2, 0) is 9.53 Å². The molecule has 0 spiro atoms. The lowest BCUT2D eigenvalue weighted by atomic mass is 10.0. The Kier molecular flexibility index (Phi) is 8.40. The minimum absolute atomic E-state index is 0.164. The van der Waals surface area contributed by atoms with Crippen molar-refractivity contribution in [3.8, 4) is 17.7 Å². The molecule has 0 fully saturated rings. The number of nitrogens with zero attached hydrogens (tertiary/aromatic N) is 1. The molecule has 150 valence electrons. The van der Waals surface area contributed by atoms with Crippen molar-refractivity contribution >= 4 is 51.2 Å². The van der Waals surface area contributed by atoms with E-state index in [2.05, 4.69) is 45.8 Å². The normalized spacial score (nSPS) is 13.9. The van der Waals surface area contributed by atoms with Crippen molar-refractivity contribution < 1.29 is 14.3 Å². The van der Waals surface area contributed by atoms with E-state index >= 15 is 0 Å². The van der Waals surface area contributed by atoms with Crippen LogP contribution in [-0.4, -0.2) is 41.8 Å². The lowest BCUT2D eigenvalue weighted by Gasteiger charge is -2.32. The number of carbonyl (C=O) groups excluding carboxylic acids is 1. The summed E-state index contributed by atoms with van der Waals surface area (Å²) in [5, 5.41) is 4.01. The third-order valence-electron chi connectivity index (χ3n) is 4.09. The minimum Gasteiger partial charge on any atom is -0.459 e. The van der Waals surface area contributed by atoms with Crippen LogP contribution in [0, 0.1) is 22.3 Å². The van der Waals surface area contributed by atoms with E-state index in [1.54, 1.807) is 7.11 Å². The molecule has 0 bridgehead atoms. The second kappa shape index (κ2) is 10.3. The molecule has 5 nitrogen and oxygen atoms in total. The summed E-state index contributed by atoms with van der Waals surface area (Å²) in [5.41, 5.74) is 0.687. The van der Waals surface area contributed by atoms with Crippen molar-refractivity contribution in [2.24, 2.45) is 0 Å². The quantitative estimate of drug-likeness (QED) is 0.262. The number of hydrogen-bond donors (Lipinski definition) is 1. The highest BCUT2D eigenvalue weighted by Gasteiger charge is 2.36. The number of fused-ring (bicyclic) bond motifs is 1. The number of methoxy groups -OCH3 is 1. The summed E-state index contributed by atoms with van der Waals surface area (Å²) < 4.78 is 12.2. The average molecular weight is 512 g/mol. The first-order chi connectivity index (χ1) is 13.3. The predicted molar refractivity (Wildman–Crippen MR) is 124 cm³/mol. The zero-order valence-corrected chi connectivity index (χ0v) is 19.7. The predicted octanol–water partition coefficient (Wildman–Crippen LogP) is 4.15. The van der Waals surface area contributed by atoms with E-state index < -0.39 is 11.0 Å². The molecule has 1 amide bonds. The monoisotopic (exact) mass is 512 g/mol. The zero-order valence-electron chi connectivity index (χ0n) is 16.8. The van der Waals surface area contributed by atoms with Gasteiger partial charge in [0.25, 0.3) is 0 Å². The number of rotatable bonds is 7. The zero-order chi connectivity index (χ0) is 20.7. The van der Waals surface area contributed by atoms with E-state index in [1.165, 1.54) is 18.7 Å². The molecule has 7 heteroatoms. The van der Waals surface area contributed by atoms with Gasteiger partial charge in [0.1, 0.15) is 5.54 Å². The van der Waals surface area contributed by atoms with Crippen LogP contribution in [0.3, 0.4) is 0 Å². The highest BCUT2D eigenvalue weighted by molar-refractivity contribution is 14.1. The Labute approximate surface area is 184 Å². The fraction of sp³-hybridized carbons (Fsp3) is 0.429. The minimum atomic E-state index is -0.871. The summed E-state index contributed by atoms with van der Waals surface area (Å²) in [6, 6.07) is 8.14. The topological polar surface area (TPSA) is 60.5 Å². The van der Waals surface area contributed by atoms with Gasteiger partial charge in [-0.25, -0.2) is 4.98 Å². The van der Waals surface area contributed by atoms with Gasteiger partial charge in [0.2, 0.25) is 11.8 Å².